The Bertz CT molecular complexity index is 1250. The Balaban J connectivity index is 1.27. The molecule has 0 spiro atoms. The number of carbonyl (C=O) groups is 2. The summed E-state index contributed by atoms with van der Waals surface area (Å²) in [5.41, 5.74) is 5.06. The van der Waals surface area contributed by atoms with Crippen LogP contribution in [0.2, 0.25) is 4.34 Å². The zero-order valence-corrected chi connectivity index (χ0v) is 21.0. The molecule has 2 heterocycles. The molecule has 1 aliphatic carbocycles. The van der Waals surface area contributed by atoms with E-state index >= 15 is 0 Å². The number of hydrogen-bond donors (Lipinski definition) is 1. The number of rotatable bonds is 8. The normalized spacial score (nSPS) is 16.1. The minimum atomic E-state index is -0.250. The number of nitrogens with zero attached hydrogens (tertiary/aromatic N) is 2. The van der Waals surface area contributed by atoms with E-state index in [9.17, 15) is 9.59 Å². The van der Waals surface area contributed by atoms with Crippen LogP contribution in [-0.4, -0.2) is 48.8 Å². The average molecular weight is 494 g/mol. The number of nitrogens with one attached hydrogen (secondary N) is 1. The van der Waals surface area contributed by atoms with Crippen molar-refractivity contribution in [3.63, 3.8) is 0 Å². The van der Waals surface area contributed by atoms with Crippen LogP contribution in [0.4, 0.5) is 5.69 Å². The van der Waals surface area contributed by atoms with Gasteiger partial charge in [0.15, 0.2) is 0 Å². The molecule has 5 nitrogen and oxygen atoms in total. The fraction of sp³-hybridized carbons (Fsp3) is 0.333. The molecule has 0 unspecified atom stereocenters. The zero-order valence-electron chi connectivity index (χ0n) is 19.4. The summed E-state index contributed by atoms with van der Waals surface area (Å²) < 4.78 is 0.559. The first kappa shape index (κ1) is 23.1. The fourth-order valence-corrected chi connectivity index (χ4v) is 5.88. The first-order valence-corrected chi connectivity index (χ1v) is 12.8. The van der Waals surface area contributed by atoms with Gasteiger partial charge in [-0.1, -0.05) is 48.0 Å². The van der Waals surface area contributed by atoms with E-state index in [1.807, 2.05) is 17.0 Å². The van der Waals surface area contributed by atoms with Crippen molar-refractivity contribution in [1.29, 1.82) is 0 Å². The van der Waals surface area contributed by atoms with Crippen molar-refractivity contribution >= 4 is 40.4 Å². The molecule has 34 heavy (non-hydrogen) atoms. The largest absolute Gasteiger partial charge is 0.334 e. The third-order valence-electron chi connectivity index (χ3n) is 6.74. The number of likely N-dealkylation sites (N-methyl/N-ethyl adjacent to an activating group) is 1. The van der Waals surface area contributed by atoms with Crippen LogP contribution in [0.1, 0.15) is 49.6 Å². The maximum Gasteiger partial charge on any atom is 0.265 e. The summed E-state index contributed by atoms with van der Waals surface area (Å²) in [5.74, 6) is -0.280. The molecule has 0 saturated heterocycles. The lowest BCUT2D eigenvalue weighted by molar-refractivity contribution is 0.0781. The highest BCUT2D eigenvalue weighted by molar-refractivity contribution is 7.18. The molecular weight excluding hydrogens is 466 g/mol. The summed E-state index contributed by atoms with van der Waals surface area (Å²) in [5, 5.41) is 2.90. The van der Waals surface area contributed by atoms with Crippen LogP contribution in [0.3, 0.4) is 0 Å². The first-order valence-electron chi connectivity index (χ1n) is 11.6. The van der Waals surface area contributed by atoms with Gasteiger partial charge in [0, 0.05) is 25.0 Å². The number of fused-ring (bicyclic) bond motifs is 1. The van der Waals surface area contributed by atoms with Crippen LogP contribution in [0.15, 0.2) is 54.6 Å². The minimum Gasteiger partial charge on any atom is -0.334 e. The van der Waals surface area contributed by atoms with Gasteiger partial charge in [0.2, 0.25) is 0 Å². The summed E-state index contributed by atoms with van der Waals surface area (Å²) >= 11 is 7.19. The van der Waals surface area contributed by atoms with E-state index in [2.05, 4.69) is 48.6 Å². The number of anilines is 1. The molecular formula is C27H28ClN3O2S. The Hall–Kier alpha value is -2.67. The van der Waals surface area contributed by atoms with Gasteiger partial charge in [-0.25, -0.2) is 0 Å². The van der Waals surface area contributed by atoms with Gasteiger partial charge in [0.1, 0.15) is 0 Å². The van der Waals surface area contributed by atoms with Gasteiger partial charge in [-0.15, -0.1) is 11.3 Å². The predicted molar refractivity (Wildman–Crippen MR) is 138 cm³/mol. The lowest BCUT2D eigenvalue weighted by atomic mass is 9.93. The van der Waals surface area contributed by atoms with Crippen molar-refractivity contribution in [2.24, 2.45) is 0 Å². The Kier molecular flexibility index (Phi) is 6.23. The second-order valence-electron chi connectivity index (χ2n) is 9.59. The number of benzene rings is 2. The van der Waals surface area contributed by atoms with Crippen LogP contribution in [0.5, 0.6) is 0 Å². The molecule has 1 saturated carbocycles. The van der Waals surface area contributed by atoms with Crippen LogP contribution >= 0.6 is 22.9 Å². The molecule has 2 aliphatic rings. The van der Waals surface area contributed by atoms with Crippen LogP contribution < -0.4 is 5.32 Å². The van der Waals surface area contributed by atoms with Crippen molar-refractivity contribution in [2.75, 3.05) is 32.5 Å². The monoisotopic (exact) mass is 493 g/mol. The number of carbonyl (C=O) groups excluding carboxylic acids is 2. The summed E-state index contributed by atoms with van der Waals surface area (Å²) in [6.45, 7) is 2.28. The van der Waals surface area contributed by atoms with E-state index in [-0.39, 0.29) is 11.8 Å². The molecule has 1 aliphatic heterocycles. The Labute approximate surface area is 209 Å². The van der Waals surface area contributed by atoms with Gasteiger partial charge in [0.05, 0.1) is 20.5 Å². The highest BCUT2D eigenvalue weighted by Gasteiger charge is 2.44. The van der Waals surface area contributed by atoms with Crippen molar-refractivity contribution < 1.29 is 9.59 Å². The van der Waals surface area contributed by atoms with Gasteiger partial charge in [-0.3, -0.25) is 9.59 Å². The van der Waals surface area contributed by atoms with Gasteiger partial charge < -0.3 is 15.1 Å². The molecule has 0 bridgehead atoms. The molecule has 176 valence electrons. The molecule has 1 aromatic heterocycles. The Morgan fingerprint density at radius 2 is 1.94 bits per heavy atom. The lowest BCUT2D eigenvalue weighted by Crippen LogP contribution is -2.27. The summed E-state index contributed by atoms with van der Waals surface area (Å²) in [4.78, 5) is 30.6. The summed E-state index contributed by atoms with van der Waals surface area (Å²) in [6, 6.07) is 17.9. The Morgan fingerprint density at radius 3 is 2.65 bits per heavy atom. The van der Waals surface area contributed by atoms with E-state index in [1.54, 1.807) is 18.2 Å². The minimum absolute atomic E-state index is 0.0301. The molecule has 2 amide bonds. The van der Waals surface area contributed by atoms with Crippen LogP contribution in [0, 0.1) is 0 Å². The Morgan fingerprint density at radius 1 is 1.15 bits per heavy atom. The standard InChI is InChI=1S/C27H28ClN3O2S/c1-30(2)17-27(12-13-27)20-7-3-5-18(15-20)11-14-31-16-19-6-4-8-21(24(19)26(31)33)29-25(32)22-9-10-23(28)34-22/h3-10,15H,11-14,16-17H2,1-2H3,(H,29,32). The number of halogens is 1. The fourth-order valence-electron chi connectivity index (χ4n) is 4.94. The lowest BCUT2D eigenvalue weighted by Gasteiger charge is -2.21. The van der Waals surface area contributed by atoms with E-state index in [0.29, 0.717) is 39.0 Å². The van der Waals surface area contributed by atoms with Crippen molar-refractivity contribution in [1.82, 2.24) is 9.80 Å². The van der Waals surface area contributed by atoms with E-state index in [4.69, 9.17) is 11.6 Å². The van der Waals surface area contributed by atoms with Crippen molar-refractivity contribution in [3.8, 4) is 0 Å². The third kappa shape index (κ3) is 4.63. The van der Waals surface area contributed by atoms with Gasteiger partial charge >= 0.3 is 0 Å². The summed E-state index contributed by atoms with van der Waals surface area (Å²) in [6.07, 6.45) is 3.28. The zero-order chi connectivity index (χ0) is 23.9. The van der Waals surface area contributed by atoms with E-state index in [1.165, 1.54) is 35.3 Å². The molecule has 1 fully saturated rings. The van der Waals surface area contributed by atoms with E-state index in [0.717, 1.165) is 18.5 Å². The maximum atomic E-state index is 13.3. The SMILES string of the molecule is CN(C)CC1(c2cccc(CCN3Cc4cccc(NC(=O)c5ccc(Cl)s5)c4C3=O)c2)CC1. The number of amides is 2. The highest BCUT2D eigenvalue weighted by Crippen LogP contribution is 2.48. The number of thiophene rings is 1. The molecule has 7 heteroatoms. The van der Waals surface area contributed by atoms with Crippen molar-refractivity contribution in [2.45, 2.75) is 31.2 Å². The average Bonchev–Trinajstić information content (AvgIpc) is 3.32. The van der Waals surface area contributed by atoms with Gasteiger partial charge in [0.25, 0.3) is 11.8 Å². The van der Waals surface area contributed by atoms with E-state index < -0.39 is 0 Å². The molecule has 0 atom stereocenters. The van der Waals surface area contributed by atoms with Crippen LogP contribution in [0.25, 0.3) is 0 Å². The van der Waals surface area contributed by atoms with Gasteiger partial charge in [-0.05, 0) is 68.2 Å². The topological polar surface area (TPSA) is 52.6 Å². The second-order valence-corrected chi connectivity index (χ2v) is 11.3. The molecule has 5 rings (SSSR count). The summed E-state index contributed by atoms with van der Waals surface area (Å²) in [7, 11) is 4.26. The quantitative estimate of drug-likeness (QED) is 0.454. The first-order chi connectivity index (χ1) is 16.3. The van der Waals surface area contributed by atoms with Gasteiger partial charge in [-0.2, -0.15) is 0 Å². The number of hydrogen-bond acceptors (Lipinski definition) is 4. The second kappa shape index (κ2) is 9.17. The predicted octanol–water partition coefficient (Wildman–Crippen LogP) is 5.45. The highest BCUT2D eigenvalue weighted by atomic mass is 35.5. The maximum absolute atomic E-state index is 13.3. The molecule has 0 radical (unpaired) electrons. The molecule has 2 aromatic carbocycles. The van der Waals surface area contributed by atoms with Crippen LogP contribution in [-0.2, 0) is 18.4 Å². The van der Waals surface area contributed by atoms with Crippen molar-refractivity contribution in [3.05, 3.63) is 86.1 Å². The smallest absolute Gasteiger partial charge is 0.265 e. The third-order valence-corrected chi connectivity index (χ3v) is 7.97. The molecule has 3 aromatic rings. The molecule has 1 N–H and O–H groups in total.